The number of aliphatic hydroxyl groups is 1. The summed E-state index contributed by atoms with van der Waals surface area (Å²) in [6.07, 6.45) is -5.82. The molecule has 0 aliphatic rings. The van der Waals surface area contributed by atoms with Gasteiger partial charge in [-0.25, -0.2) is 0 Å². The molecule has 0 radical (unpaired) electrons. The van der Waals surface area contributed by atoms with Gasteiger partial charge in [-0.3, -0.25) is 4.79 Å². The van der Waals surface area contributed by atoms with E-state index in [0.29, 0.717) is 29.0 Å². The number of aryl methyl sites for hydroxylation is 2. The SMILES string of the molecule is Cc1cc(CCC(=O)C(O)c2ccc(-c3noc(-c4onc(-c5ccccc5)c4C(F)(F)F)n3)cc2)on1. The molecule has 9 nitrogen and oxygen atoms in total. The molecule has 0 saturated carbocycles. The number of aromatic nitrogens is 4. The summed E-state index contributed by atoms with van der Waals surface area (Å²) in [5.74, 6) is -1.08. The summed E-state index contributed by atoms with van der Waals surface area (Å²) in [6.45, 7) is 1.76. The Balaban J connectivity index is 1.34. The highest BCUT2D eigenvalue weighted by atomic mass is 19.4. The summed E-state index contributed by atoms with van der Waals surface area (Å²) >= 11 is 0. The minimum absolute atomic E-state index is 0.0150. The van der Waals surface area contributed by atoms with Crippen LogP contribution in [0, 0.1) is 6.92 Å². The van der Waals surface area contributed by atoms with E-state index in [1.54, 1.807) is 31.2 Å². The Hall–Kier alpha value is -4.58. The number of hydrogen-bond acceptors (Lipinski definition) is 9. The molecule has 0 aliphatic carbocycles. The molecule has 3 aromatic heterocycles. The lowest BCUT2D eigenvalue weighted by atomic mass is 10.0. The molecule has 3 heterocycles. The lowest BCUT2D eigenvalue weighted by molar-refractivity contribution is -0.137. The van der Waals surface area contributed by atoms with Gasteiger partial charge in [0.1, 0.15) is 23.1 Å². The Labute approximate surface area is 212 Å². The van der Waals surface area contributed by atoms with E-state index in [9.17, 15) is 23.1 Å². The second-order valence-electron chi connectivity index (χ2n) is 8.45. The zero-order valence-corrected chi connectivity index (χ0v) is 19.8. The molecule has 2 aromatic carbocycles. The number of Topliss-reactive ketones (excluding diaryl/α,β-unsaturated/α-hetero) is 1. The minimum Gasteiger partial charge on any atom is -0.381 e. The third-order valence-corrected chi connectivity index (χ3v) is 5.73. The average molecular weight is 524 g/mol. The molecular weight excluding hydrogens is 505 g/mol. The smallest absolute Gasteiger partial charge is 0.381 e. The van der Waals surface area contributed by atoms with Crippen molar-refractivity contribution >= 4 is 5.78 Å². The molecule has 5 rings (SSSR count). The first-order chi connectivity index (χ1) is 18.2. The van der Waals surface area contributed by atoms with E-state index in [1.165, 1.54) is 36.4 Å². The van der Waals surface area contributed by atoms with E-state index in [0.717, 1.165) is 0 Å². The van der Waals surface area contributed by atoms with Gasteiger partial charge in [0.25, 0.3) is 5.89 Å². The first-order valence-corrected chi connectivity index (χ1v) is 11.4. The molecule has 0 amide bonds. The second kappa shape index (κ2) is 10.1. The summed E-state index contributed by atoms with van der Waals surface area (Å²) in [5.41, 5.74) is 0.109. The number of carbonyl (C=O) groups excluding carboxylic acids is 1. The van der Waals surface area contributed by atoms with Crippen LogP contribution in [0.3, 0.4) is 0 Å². The highest BCUT2D eigenvalue weighted by Crippen LogP contribution is 2.43. The van der Waals surface area contributed by atoms with Crippen LogP contribution in [0.15, 0.2) is 74.2 Å². The summed E-state index contributed by atoms with van der Waals surface area (Å²) in [7, 11) is 0. The first-order valence-electron chi connectivity index (χ1n) is 11.4. The van der Waals surface area contributed by atoms with Crippen LogP contribution >= 0.6 is 0 Å². The van der Waals surface area contributed by atoms with Crippen LogP contribution in [0.25, 0.3) is 34.3 Å². The van der Waals surface area contributed by atoms with Crippen molar-refractivity contribution in [1.82, 2.24) is 20.5 Å². The number of hydrogen-bond donors (Lipinski definition) is 1. The van der Waals surface area contributed by atoms with Crippen LogP contribution < -0.4 is 0 Å². The van der Waals surface area contributed by atoms with E-state index in [4.69, 9.17) is 13.6 Å². The van der Waals surface area contributed by atoms with Gasteiger partial charge in [-0.15, -0.1) is 0 Å². The molecule has 0 bridgehead atoms. The molecular formula is C26H19F3N4O5. The third kappa shape index (κ3) is 5.11. The number of rotatable bonds is 8. The topological polar surface area (TPSA) is 128 Å². The predicted molar refractivity (Wildman–Crippen MR) is 125 cm³/mol. The molecule has 1 atom stereocenters. The number of halogens is 3. The molecule has 0 aliphatic heterocycles. The fraction of sp³-hybridized carbons (Fsp3) is 0.192. The van der Waals surface area contributed by atoms with Crippen LogP contribution in [-0.2, 0) is 17.4 Å². The Morgan fingerprint density at radius 3 is 2.34 bits per heavy atom. The number of benzene rings is 2. The minimum atomic E-state index is -4.80. The highest BCUT2D eigenvalue weighted by molar-refractivity contribution is 5.84. The number of aliphatic hydroxyl groups excluding tert-OH is 1. The zero-order valence-electron chi connectivity index (χ0n) is 19.8. The molecule has 0 spiro atoms. The fourth-order valence-corrected chi connectivity index (χ4v) is 3.84. The van der Waals surface area contributed by atoms with Gasteiger partial charge in [-0.2, -0.15) is 18.2 Å². The molecule has 12 heteroatoms. The quantitative estimate of drug-likeness (QED) is 0.275. The number of carbonyl (C=O) groups is 1. The molecule has 0 fully saturated rings. The molecule has 1 N–H and O–H groups in total. The first kappa shape index (κ1) is 25.1. The molecule has 0 saturated heterocycles. The summed E-state index contributed by atoms with van der Waals surface area (Å²) < 4.78 is 56.9. The van der Waals surface area contributed by atoms with Crippen molar-refractivity contribution in [2.24, 2.45) is 0 Å². The van der Waals surface area contributed by atoms with Gasteiger partial charge in [-0.1, -0.05) is 70.1 Å². The Morgan fingerprint density at radius 2 is 1.68 bits per heavy atom. The van der Waals surface area contributed by atoms with Crippen LogP contribution in [-0.4, -0.2) is 31.3 Å². The van der Waals surface area contributed by atoms with Crippen molar-refractivity contribution in [3.8, 4) is 34.3 Å². The van der Waals surface area contributed by atoms with Crippen molar-refractivity contribution in [2.45, 2.75) is 32.0 Å². The van der Waals surface area contributed by atoms with Crippen molar-refractivity contribution in [1.29, 1.82) is 0 Å². The van der Waals surface area contributed by atoms with Gasteiger partial charge < -0.3 is 18.7 Å². The van der Waals surface area contributed by atoms with Crippen molar-refractivity contribution < 1.29 is 36.6 Å². The zero-order chi connectivity index (χ0) is 26.9. The summed E-state index contributed by atoms with van der Waals surface area (Å²) in [5, 5.41) is 21.5. The van der Waals surface area contributed by atoms with Crippen molar-refractivity contribution in [3.05, 3.63) is 83.2 Å². The largest absolute Gasteiger partial charge is 0.422 e. The van der Waals surface area contributed by atoms with E-state index < -0.39 is 41.0 Å². The Kier molecular flexibility index (Phi) is 6.64. The summed E-state index contributed by atoms with van der Waals surface area (Å²) in [6, 6.07) is 15.5. The maximum absolute atomic E-state index is 13.9. The number of nitrogens with zero attached hydrogens (tertiary/aromatic N) is 4. The molecule has 194 valence electrons. The Bertz CT molecular complexity index is 1560. The molecule has 5 aromatic rings. The van der Waals surface area contributed by atoms with Crippen molar-refractivity contribution in [3.63, 3.8) is 0 Å². The molecule has 1 unspecified atom stereocenters. The molecule has 38 heavy (non-hydrogen) atoms. The maximum Gasteiger partial charge on any atom is 0.422 e. The summed E-state index contributed by atoms with van der Waals surface area (Å²) in [4.78, 5) is 16.4. The van der Waals surface area contributed by atoms with Gasteiger partial charge in [0.15, 0.2) is 5.78 Å². The lowest BCUT2D eigenvalue weighted by Crippen LogP contribution is -2.12. The van der Waals surface area contributed by atoms with Gasteiger partial charge in [0.2, 0.25) is 11.6 Å². The van der Waals surface area contributed by atoms with E-state index in [1.807, 2.05) is 0 Å². The number of alkyl halides is 3. The van der Waals surface area contributed by atoms with Crippen LogP contribution in [0.2, 0.25) is 0 Å². The van der Waals surface area contributed by atoms with Gasteiger partial charge >= 0.3 is 6.18 Å². The third-order valence-electron chi connectivity index (χ3n) is 5.73. The van der Waals surface area contributed by atoms with Crippen LogP contribution in [0.4, 0.5) is 13.2 Å². The van der Waals surface area contributed by atoms with Crippen LogP contribution in [0.1, 0.15) is 35.1 Å². The van der Waals surface area contributed by atoms with E-state index in [-0.39, 0.29) is 17.8 Å². The van der Waals surface area contributed by atoms with Gasteiger partial charge in [0.05, 0.1) is 5.69 Å². The number of ketones is 1. The average Bonchev–Trinajstić information content (AvgIpc) is 3.66. The Morgan fingerprint density at radius 1 is 0.947 bits per heavy atom. The standard InChI is InChI=1S/C26H19F3N4O5/c1-14-13-18(36-31-14)11-12-19(34)22(35)16-7-9-17(10-8-16)24-30-25(38-33-24)23-20(26(27,28)29)21(32-37-23)15-5-3-2-4-6-15/h2-10,13,22,35H,11-12H2,1H3. The lowest BCUT2D eigenvalue weighted by Gasteiger charge is -2.09. The highest BCUT2D eigenvalue weighted by Gasteiger charge is 2.43. The van der Waals surface area contributed by atoms with Gasteiger partial charge in [-0.05, 0) is 12.5 Å². The van der Waals surface area contributed by atoms with E-state index >= 15 is 0 Å². The monoisotopic (exact) mass is 524 g/mol. The fourth-order valence-electron chi connectivity index (χ4n) is 3.84. The maximum atomic E-state index is 13.9. The normalized spacial score (nSPS) is 12.6. The van der Waals surface area contributed by atoms with Crippen LogP contribution in [0.5, 0.6) is 0 Å². The van der Waals surface area contributed by atoms with Gasteiger partial charge in [0, 0.05) is 30.0 Å². The van der Waals surface area contributed by atoms with Crippen molar-refractivity contribution in [2.75, 3.05) is 0 Å². The predicted octanol–water partition coefficient (Wildman–Crippen LogP) is 5.61. The second-order valence-corrected chi connectivity index (χ2v) is 8.45. The van der Waals surface area contributed by atoms with E-state index in [2.05, 4.69) is 20.5 Å².